The molecule has 1 saturated heterocycles. The number of nitrogens with zero attached hydrogens (tertiary/aromatic N) is 2. The maximum absolute atomic E-state index is 9.28. The maximum Gasteiger partial charge on any atom is 0.198 e. The van der Waals surface area contributed by atoms with Gasteiger partial charge < -0.3 is 14.4 Å². The first kappa shape index (κ1) is 11.6. The molecule has 0 bridgehead atoms. The zero-order valence-electron chi connectivity index (χ0n) is 10.0. The van der Waals surface area contributed by atoms with Gasteiger partial charge in [-0.3, -0.25) is 0 Å². The van der Waals surface area contributed by atoms with E-state index in [4.69, 9.17) is 4.42 Å². The van der Waals surface area contributed by atoms with Crippen molar-refractivity contribution in [3.05, 3.63) is 17.8 Å². The molecule has 90 valence electrons. The summed E-state index contributed by atoms with van der Waals surface area (Å²) in [4.78, 5) is 6.77. The maximum atomic E-state index is 9.28. The number of aliphatic hydroxyl groups is 1. The van der Waals surface area contributed by atoms with Gasteiger partial charge in [-0.2, -0.15) is 0 Å². The SMILES string of the molecule is CC(O)Cc1coc(C2CCCN(C)C2)n1. The zero-order valence-corrected chi connectivity index (χ0v) is 10.0. The van der Waals surface area contributed by atoms with E-state index < -0.39 is 0 Å². The summed E-state index contributed by atoms with van der Waals surface area (Å²) in [5, 5.41) is 9.28. The molecule has 0 aliphatic carbocycles. The standard InChI is InChI=1S/C12H20N2O2/c1-9(15)6-11-8-16-12(13-11)10-4-3-5-14(2)7-10/h8-10,15H,3-7H2,1-2H3. The van der Waals surface area contributed by atoms with Crippen LogP contribution in [0.25, 0.3) is 0 Å². The summed E-state index contributed by atoms with van der Waals surface area (Å²) in [7, 11) is 2.13. The van der Waals surface area contributed by atoms with E-state index >= 15 is 0 Å². The van der Waals surface area contributed by atoms with Crippen molar-refractivity contribution in [2.45, 2.75) is 38.2 Å². The van der Waals surface area contributed by atoms with Crippen molar-refractivity contribution in [2.24, 2.45) is 0 Å². The van der Waals surface area contributed by atoms with Crippen molar-refractivity contribution in [3.8, 4) is 0 Å². The van der Waals surface area contributed by atoms with Crippen LogP contribution in [0.1, 0.15) is 37.3 Å². The molecule has 2 heterocycles. The summed E-state index contributed by atoms with van der Waals surface area (Å²) in [6.45, 7) is 3.95. The molecular weight excluding hydrogens is 204 g/mol. The van der Waals surface area contributed by atoms with Crippen LogP contribution < -0.4 is 0 Å². The summed E-state index contributed by atoms with van der Waals surface area (Å²) in [5.74, 6) is 1.25. The third-order valence-electron chi connectivity index (χ3n) is 3.05. The van der Waals surface area contributed by atoms with Gasteiger partial charge in [0.15, 0.2) is 5.89 Å². The van der Waals surface area contributed by atoms with Crippen molar-refractivity contribution < 1.29 is 9.52 Å². The van der Waals surface area contributed by atoms with Crippen molar-refractivity contribution in [1.29, 1.82) is 0 Å². The van der Waals surface area contributed by atoms with Gasteiger partial charge in [0, 0.05) is 18.9 Å². The minimum atomic E-state index is -0.355. The lowest BCUT2D eigenvalue weighted by Gasteiger charge is -2.27. The fourth-order valence-corrected chi connectivity index (χ4v) is 2.27. The van der Waals surface area contributed by atoms with Crippen LogP contribution in [0.5, 0.6) is 0 Å². The van der Waals surface area contributed by atoms with Crippen molar-refractivity contribution >= 4 is 0 Å². The molecule has 1 aromatic rings. The van der Waals surface area contributed by atoms with Crippen molar-refractivity contribution in [1.82, 2.24) is 9.88 Å². The molecule has 1 aromatic heterocycles. The van der Waals surface area contributed by atoms with E-state index in [1.807, 2.05) is 0 Å². The number of aromatic nitrogens is 1. The highest BCUT2D eigenvalue weighted by Gasteiger charge is 2.23. The third kappa shape index (κ3) is 2.83. The first-order chi connectivity index (χ1) is 7.65. The molecule has 1 aliphatic heterocycles. The van der Waals surface area contributed by atoms with E-state index in [1.165, 1.54) is 6.42 Å². The predicted octanol–water partition coefficient (Wildman–Crippen LogP) is 1.41. The topological polar surface area (TPSA) is 49.5 Å². The Bertz CT molecular complexity index is 336. The highest BCUT2D eigenvalue weighted by atomic mass is 16.3. The van der Waals surface area contributed by atoms with Crippen LogP contribution in [0.15, 0.2) is 10.7 Å². The second-order valence-corrected chi connectivity index (χ2v) is 4.83. The van der Waals surface area contributed by atoms with Gasteiger partial charge in [0.2, 0.25) is 0 Å². The molecule has 1 aliphatic rings. The van der Waals surface area contributed by atoms with E-state index in [0.717, 1.165) is 31.1 Å². The lowest BCUT2D eigenvalue weighted by atomic mass is 9.98. The Morgan fingerprint density at radius 3 is 3.19 bits per heavy atom. The monoisotopic (exact) mass is 224 g/mol. The number of likely N-dealkylation sites (tertiary alicyclic amines) is 1. The fraction of sp³-hybridized carbons (Fsp3) is 0.750. The molecule has 0 saturated carbocycles. The Morgan fingerprint density at radius 2 is 2.50 bits per heavy atom. The molecule has 0 radical (unpaired) electrons. The average molecular weight is 224 g/mol. The predicted molar refractivity (Wildman–Crippen MR) is 61.4 cm³/mol. The average Bonchev–Trinajstić information content (AvgIpc) is 2.65. The normalized spacial score (nSPS) is 24.6. The van der Waals surface area contributed by atoms with Gasteiger partial charge in [-0.25, -0.2) is 4.98 Å². The van der Waals surface area contributed by atoms with Gasteiger partial charge >= 0.3 is 0 Å². The van der Waals surface area contributed by atoms with Gasteiger partial charge in [-0.05, 0) is 33.4 Å². The molecule has 1 N–H and O–H groups in total. The smallest absolute Gasteiger partial charge is 0.198 e. The van der Waals surface area contributed by atoms with Gasteiger partial charge in [0.1, 0.15) is 6.26 Å². The molecule has 4 heteroatoms. The Kier molecular flexibility index (Phi) is 3.61. The second-order valence-electron chi connectivity index (χ2n) is 4.83. The lowest BCUT2D eigenvalue weighted by molar-refractivity contribution is 0.194. The minimum absolute atomic E-state index is 0.355. The van der Waals surface area contributed by atoms with E-state index in [2.05, 4.69) is 16.9 Å². The van der Waals surface area contributed by atoms with Gasteiger partial charge in [-0.15, -0.1) is 0 Å². The van der Waals surface area contributed by atoms with Crippen molar-refractivity contribution in [2.75, 3.05) is 20.1 Å². The molecule has 2 rings (SSSR count). The number of piperidine rings is 1. The summed E-state index contributed by atoms with van der Waals surface area (Å²) >= 11 is 0. The van der Waals surface area contributed by atoms with Crippen LogP contribution in [-0.4, -0.2) is 41.2 Å². The largest absolute Gasteiger partial charge is 0.448 e. The Labute approximate surface area is 96.3 Å². The molecule has 1 fully saturated rings. The number of aliphatic hydroxyl groups excluding tert-OH is 1. The first-order valence-corrected chi connectivity index (χ1v) is 5.96. The lowest BCUT2D eigenvalue weighted by Crippen LogP contribution is -2.30. The number of hydrogen-bond donors (Lipinski definition) is 1. The summed E-state index contributed by atoms with van der Waals surface area (Å²) in [5.41, 5.74) is 0.859. The second kappa shape index (κ2) is 4.97. The number of rotatable bonds is 3. The number of likely N-dealkylation sites (N-methyl/N-ethyl adjacent to an activating group) is 1. The Balaban J connectivity index is 2.00. The van der Waals surface area contributed by atoms with Crippen LogP contribution in [-0.2, 0) is 6.42 Å². The third-order valence-corrected chi connectivity index (χ3v) is 3.05. The van der Waals surface area contributed by atoms with Crippen LogP contribution in [0.2, 0.25) is 0 Å². The molecular formula is C12H20N2O2. The molecule has 2 unspecified atom stereocenters. The van der Waals surface area contributed by atoms with Crippen LogP contribution in [0.4, 0.5) is 0 Å². The first-order valence-electron chi connectivity index (χ1n) is 5.96. The van der Waals surface area contributed by atoms with Gasteiger partial charge in [-0.1, -0.05) is 0 Å². The molecule has 2 atom stereocenters. The quantitative estimate of drug-likeness (QED) is 0.843. The summed E-state index contributed by atoms with van der Waals surface area (Å²) in [6, 6.07) is 0. The Morgan fingerprint density at radius 1 is 1.69 bits per heavy atom. The van der Waals surface area contributed by atoms with Crippen molar-refractivity contribution in [3.63, 3.8) is 0 Å². The molecule has 0 aromatic carbocycles. The molecule has 0 spiro atoms. The summed E-state index contributed by atoms with van der Waals surface area (Å²) in [6.07, 6.45) is 4.25. The van der Waals surface area contributed by atoms with Crippen LogP contribution >= 0.6 is 0 Å². The Hall–Kier alpha value is -0.870. The minimum Gasteiger partial charge on any atom is -0.448 e. The van der Waals surface area contributed by atoms with E-state index in [-0.39, 0.29) is 6.10 Å². The zero-order chi connectivity index (χ0) is 11.5. The molecule has 4 nitrogen and oxygen atoms in total. The highest BCUT2D eigenvalue weighted by molar-refractivity contribution is 5.03. The van der Waals surface area contributed by atoms with E-state index in [9.17, 15) is 5.11 Å². The van der Waals surface area contributed by atoms with E-state index in [0.29, 0.717) is 12.3 Å². The number of oxazole rings is 1. The molecule has 0 amide bonds. The fourth-order valence-electron chi connectivity index (χ4n) is 2.27. The van der Waals surface area contributed by atoms with Crippen LogP contribution in [0, 0.1) is 0 Å². The van der Waals surface area contributed by atoms with Crippen LogP contribution in [0.3, 0.4) is 0 Å². The van der Waals surface area contributed by atoms with Gasteiger partial charge in [0.05, 0.1) is 11.8 Å². The highest BCUT2D eigenvalue weighted by Crippen LogP contribution is 2.25. The number of hydrogen-bond acceptors (Lipinski definition) is 4. The molecule has 16 heavy (non-hydrogen) atoms. The van der Waals surface area contributed by atoms with Gasteiger partial charge in [0.25, 0.3) is 0 Å². The van der Waals surface area contributed by atoms with E-state index in [1.54, 1.807) is 13.2 Å². The summed E-state index contributed by atoms with van der Waals surface area (Å²) < 4.78 is 5.50.